The summed E-state index contributed by atoms with van der Waals surface area (Å²) in [6, 6.07) is 1.99. The third-order valence-corrected chi connectivity index (χ3v) is 5.09. The van der Waals surface area contributed by atoms with Gasteiger partial charge in [-0.2, -0.15) is 5.10 Å². The third-order valence-electron chi connectivity index (χ3n) is 5.09. The lowest BCUT2D eigenvalue weighted by molar-refractivity contribution is 0.0916. The summed E-state index contributed by atoms with van der Waals surface area (Å²) in [6.45, 7) is 6.23. The summed E-state index contributed by atoms with van der Waals surface area (Å²) in [7, 11) is 0. The molecule has 1 atom stereocenters. The molecule has 0 saturated heterocycles. The Bertz CT molecular complexity index is 745. The highest BCUT2D eigenvalue weighted by Gasteiger charge is 2.27. The molecule has 130 valence electrons. The van der Waals surface area contributed by atoms with Gasteiger partial charge in [0.25, 0.3) is 5.91 Å². The van der Waals surface area contributed by atoms with E-state index in [1.165, 1.54) is 19.3 Å². The van der Waals surface area contributed by atoms with E-state index < -0.39 is 0 Å². The number of carbonyl (C=O) groups excluding carboxylic acids is 1. The van der Waals surface area contributed by atoms with Crippen molar-refractivity contribution in [1.82, 2.24) is 19.9 Å². The molecular formula is C18H27N5O. The normalized spacial score (nSPS) is 17.2. The van der Waals surface area contributed by atoms with E-state index in [0.29, 0.717) is 29.4 Å². The Morgan fingerprint density at radius 2 is 2.04 bits per heavy atom. The second kappa shape index (κ2) is 6.89. The lowest BCUT2D eigenvalue weighted by Gasteiger charge is -2.30. The number of hydrogen-bond acceptors (Lipinski definition) is 4. The molecule has 6 nitrogen and oxygen atoms in total. The predicted octanol–water partition coefficient (Wildman–Crippen LogP) is 2.29. The van der Waals surface area contributed by atoms with Crippen molar-refractivity contribution >= 4 is 11.6 Å². The van der Waals surface area contributed by atoms with Crippen molar-refractivity contribution in [2.75, 3.05) is 6.54 Å². The van der Waals surface area contributed by atoms with Crippen LogP contribution in [0.2, 0.25) is 0 Å². The van der Waals surface area contributed by atoms with Crippen molar-refractivity contribution in [3.8, 4) is 0 Å². The van der Waals surface area contributed by atoms with Crippen LogP contribution in [0.25, 0.3) is 5.65 Å². The summed E-state index contributed by atoms with van der Waals surface area (Å²) in [5.74, 6) is 0.368. The topological polar surface area (TPSA) is 85.3 Å². The molecule has 0 spiro atoms. The molecule has 2 aromatic rings. The summed E-state index contributed by atoms with van der Waals surface area (Å²) >= 11 is 0. The van der Waals surface area contributed by atoms with Crippen LogP contribution >= 0.6 is 0 Å². The van der Waals surface area contributed by atoms with E-state index in [0.717, 1.165) is 24.2 Å². The monoisotopic (exact) mass is 329 g/mol. The number of nitrogens with two attached hydrogens (primary N) is 1. The maximum Gasteiger partial charge on any atom is 0.257 e. The zero-order valence-corrected chi connectivity index (χ0v) is 14.8. The van der Waals surface area contributed by atoms with Crippen LogP contribution in [0, 0.1) is 26.7 Å². The molecule has 0 aromatic carbocycles. The number of nitrogens with zero attached hydrogens (tertiary/aromatic N) is 3. The van der Waals surface area contributed by atoms with Crippen LogP contribution in [0.15, 0.2) is 6.07 Å². The van der Waals surface area contributed by atoms with Crippen LogP contribution in [-0.2, 0) is 0 Å². The summed E-state index contributed by atoms with van der Waals surface area (Å²) < 4.78 is 1.75. The highest BCUT2D eigenvalue weighted by atomic mass is 16.1. The fraction of sp³-hybridized carbons (Fsp3) is 0.611. The number of amides is 1. The minimum atomic E-state index is -0.110. The van der Waals surface area contributed by atoms with Gasteiger partial charge in [-0.1, -0.05) is 19.3 Å². The van der Waals surface area contributed by atoms with Gasteiger partial charge in [-0.15, -0.1) is 0 Å². The zero-order chi connectivity index (χ0) is 17.3. The second-order valence-corrected chi connectivity index (χ2v) is 6.95. The van der Waals surface area contributed by atoms with Gasteiger partial charge in [0.2, 0.25) is 0 Å². The molecule has 1 saturated carbocycles. The van der Waals surface area contributed by atoms with Gasteiger partial charge in [-0.05, 0) is 45.6 Å². The van der Waals surface area contributed by atoms with E-state index in [9.17, 15) is 4.79 Å². The van der Waals surface area contributed by atoms with Crippen molar-refractivity contribution in [2.24, 2.45) is 11.7 Å². The minimum Gasteiger partial charge on any atom is -0.348 e. The van der Waals surface area contributed by atoms with Crippen molar-refractivity contribution in [3.63, 3.8) is 0 Å². The van der Waals surface area contributed by atoms with Gasteiger partial charge in [-0.3, -0.25) is 4.79 Å². The Morgan fingerprint density at radius 1 is 1.33 bits per heavy atom. The second-order valence-electron chi connectivity index (χ2n) is 6.95. The van der Waals surface area contributed by atoms with Crippen molar-refractivity contribution in [2.45, 2.75) is 58.9 Å². The van der Waals surface area contributed by atoms with Gasteiger partial charge >= 0.3 is 0 Å². The molecular weight excluding hydrogens is 302 g/mol. The molecule has 0 bridgehead atoms. The number of rotatable bonds is 4. The summed E-state index contributed by atoms with van der Waals surface area (Å²) in [4.78, 5) is 17.4. The van der Waals surface area contributed by atoms with Gasteiger partial charge in [0.1, 0.15) is 5.56 Å². The van der Waals surface area contributed by atoms with E-state index in [-0.39, 0.29) is 11.9 Å². The van der Waals surface area contributed by atoms with Gasteiger partial charge in [0.15, 0.2) is 5.65 Å². The van der Waals surface area contributed by atoms with Crippen LogP contribution < -0.4 is 11.1 Å². The lowest BCUT2D eigenvalue weighted by Crippen LogP contribution is -2.46. The fourth-order valence-electron chi connectivity index (χ4n) is 3.84. The van der Waals surface area contributed by atoms with E-state index in [1.807, 2.05) is 26.8 Å². The zero-order valence-electron chi connectivity index (χ0n) is 14.8. The number of fused-ring (bicyclic) bond motifs is 1. The number of aromatic nitrogens is 3. The van der Waals surface area contributed by atoms with Crippen LogP contribution in [0.1, 0.15) is 59.5 Å². The Hall–Kier alpha value is -1.95. The average molecular weight is 329 g/mol. The van der Waals surface area contributed by atoms with Crippen LogP contribution in [0.4, 0.5) is 0 Å². The maximum absolute atomic E-state index is 12.9. The first-order valence-corrected chi connectivity index (χ1v) is 8.85. The standard InChI is InChI=1S/C18H27N5O/c1-11-9-12(2)23-17(20-11)16(13(3)22-23)18(24)21-15(10-19)14-7-5-4-6-8-14/h9,14-15H,4-8,10,19H2,1-3H3,(H,21,24). The molecule has 1 amide bonds. The molecule has 1 unspecified atom stereocenters. The largest absolute Gasteiger partial charge is 0.348 e. The van der Waals surface area contributed by atoms with E-state index in [2.05, 4.69) is 15.4 Å². The highest BCUT2D eigenvalue weighted by Crippen LogP contribution is 2.26. The number of aryl methyl sites for hydroxylation is 3. The Labute approximate surface area is 142 Å². The molecule has 0 aliphatic heterocycles. The number of carbonyl (C=O) groups is 1. The first-order chi connectivity index (χ1) is 11.5. The number of hydrogen-bond donors (Lipinski definition) is 2. The van der Waals surface area contributed by atoms with Crippen molar-refractivity contribution < 1.29 is 4.79 Å². The SMILES string of the molecule is Cc1cc(C)n2nc(C)c(C(=O)NC(CN)C3CCCCC3)c2n1. The summed E-state index contributed by atoms with van der Waals surface area (Å²) in [5.41, 5.74) is 9.71. The Balaban J connectivity index is 1.89. The Morgan fingerprint density at radius 3 is 2.71 bits per heavy atom. The van der Waals surface area contributed by atoms with Gasteiger partial charge in [0.05, 0.1) is 5.69 Å². The lowest BCUT2D eigenvalue weighted by atomic mass is 9.84. The molecule has 1 fully saturated rings. The van der Waals surface area contributed by atoms with E-state index in [1.54, 1.807) is 4.52 Å². The minimum absolute atomic E-state index is 0.0260. The van der Waals surface area contributed by atoms with Crippen LogP contribution in [0.3, 0.4) is 0 Å². The highest BCUT2D eigenvalue weighted by molar-refractivity contribution is 6.01. The molecule has 6 heteroatoms. The van der Waals surface area contributed by atoms with Crippen molar-refractivity contribution in [1.29, 1.82) is 0 Å². The average Bonchev–Trinajstić information content (AvgIpc) is 2.89. The van der Waals surface area contributed by atoms with Gasteiger partial charge in [0, 0.05) is 24.0 Å². The van der Waals surface area contributed by atoms with Crippen molar-refractivity contribution in [3.05, 3.63) is 28.7 Å². The summed E-state index contributed by atoms with van der Waals surface area (Å²) in [5, 5.41) is 7.64. The van der Waals surface area contributed by atoms with Crippen LogP contribution in [-0.4, -0.2) is 33.1 Å². The molecule has 1 aliphatic rings. The maximum atomic E-state index is 12.9. The molecule has 3 rings (SSSR count). The molecule has 2 aromatic heterocycles. The summed E-state index contributed by atoms with van der Waals surface area (Å²) in [6.07, 6.45) is 6.04. The van der Waals surface area contributed by atoms with E-state index in [4.69, 9.17) is 5.73 Å². The third kappa shape index (κ3) is 3.15. The molecule has 2 heterocycles. The molecule has 0 radical (unpaired) electrons. The molecule has 1 aliphatic carbocycles. The predicted molar refractivity (Wildman–Crippen MR) is 94.1 cm³/mol. The van der Waals surface area contributed by atoms with Gasteiger partial charge < -0.3 is 11.1 Å². The van der Waals surface area contributed by atoms with Crippen LogP contribution in [0.5, 0.6) is 0 Å². The molecule has 24 heavy (non-hydrogen) atoms. The van der Waals surface area contributed by atoms with Gasteiger partial charge in [-0.25, -0.2) is 9.50 Å². The first-order valence-electron chi connectivity index (χ1n) is 8.85. The molecule has 3 N–H and O–H groups in total. The quantitative estimate of drug-likeness (QED) is 0.901. The number of nitrogens with one attached hydrogen (secondary N) is 1. The first kappa shape index (κ1) is 16.9. The Kier molecular flexibility index (Phi) is 4.85. The smallest absolute Gasteiger partial charge is 0.257 e. The fourth-order valence-corrected chi connectivity index (χ4v) is 3.84. The van der Waals surface area contributed by atoms with E-state index >= 15 is 0 Å².